The first kappa shape index (κ1) is 16.7. The molecule has 27 heavy (non-hydrogen) atoms. The summed E-state index contributed by atoms with van der Waals surface area (Å²) in [5, 5.41) is 14.9. The Kier molecular flexibility index (Phi) is 4.04. The molecule has 2 N–H and O–H groups in total. The van der Waals surface area contributed by atoms with E-state index in [4.69, 9.17) is 0 Å². The second-order valence-corrected chi connectivity index (χ2v) is 6.03. The number of H-pyrrole nitrogens is 1. The first-order chi connectivity index (χ1) is 13.1. The van der Waals surface area contributed by atoms with Crippen molar-refractivity contribution in [1.29, 1.82) is 0 Å². The van der Waals surface area contributed by atoms with Crippen molar-refractivity contribution in [3.8, 4) is 5.75 Å². The molecule has 0 aliphatic heterocycles. The molecule has 0 amide bonds. The highest BCUT2D eigenvalue weighted by Crippen LogP contribution is 2.23. The number of benzene rings is 2. The Hall–Kier alpha value is -3.74. The third-order valence-electron chi connectivity index (χ3n) is 4.29. The first-order valence-corrected chi connectivity index (χ1v) is 8.23. The minimum atomic E-state index is -0.422. The zero-order valence-corrected chi connectivity index (χ0v) is 14.2. The summed E-state index contributed by atoms with van der Waals surface area (Å²) in [7, 11) is 0. The molecular weight excluding hydrogens is 347 g/mol. The molecule has 0 saturated carbocycles. The molecule has 2 aromatic carbocycles. The zero-order valence-electron chi connectivity index (χ0n) is 14.2. The number of fused-ring (bicyclic) bond motifs is 3. The summed E-state index contributed by atoms with van der Waals surface area (Å²) in [6.45, 7) is 3.66. The van der Waals surface area contributed by atoms with Crippen LogP contribution in [-0.4, -0.2) is 26.0 Å². The van der Waals surface area contributed by atoms with Gasteiger partial charge in [-0.3, -0.25) is 4.79 Å². The highest BCUT2D eigenvalue weighted by atomic mass is 19.1. The van der Waals surface area contributed by atoms with Gasteiger partial charge in [0.25, 0.3) is 5.56 Å². The molecule has 0 radical (unpaired) electrons. The predicted molar refractivity (Wildman–Crippen MR) is 103 cm³/mol. The third-order valence-corrected chi connectivity index (χ3v) is 4.29. The van der Waals surface area contributed by atoms with Crippen LogP contribution in [0.2, 0.25) is 0 Å². The van der Waals surface area contributed by atoms with Crippen LogP contribution >= 0.6 is 0 Å². The van der Waals surface area contributed by atoms with Gasteiger partial charge in [-0.25, -0.2) is 9.37 Å². The number of hydrogen-bond donors (Lipinski definition) is 2. The lowest BCUT2D eigenvalue weighted by atomic mass is 10.1. The van der Waals surface area contributed by atoms with Crippen molar-refractivity contribution in [3.63, 3.8) is 0 Å². The number of aromatic amines is 1. The lowest BCUT2D eigenvalue weighted by Gasteiger charge is -2.04. The number of para-hydroxylation sites is 1. The molecule has 2 heterocycles. The average Bonchev–Trinajstić information content (AvgIpc) is 3.03. The van der Waals surface area contributed by atoms with Crippen molar-refractivity contribution in [2.75, 3.05) is 0 Å². The predicted octanol–water partition coefficient (Wildman–Crippen LogP) is 3.33. The highest BCUT2D eigenvalue weighted by Gasteiger charge is 2.11. The molecule has 7 heteroatoms. The maximum Gasteiger partial charge on any atom is 0.298 e. The molecule has 0 aliphatic carbocycles. The van der Waals surface area contributed by atoms with E-state index >= 15 is 0 Å². The van der Waals surface area contributed by atoms with Gasteiger partial charge in [-0.15, -0.1) is 6.58 Å². The Labute approximate surface area is 152 Å². The maximum absolute atomic E-state index is 13.5. The summed E-state index contributed by atoms with van der Waals surface area (Å²) in [5.41, 5.74) is 2.01. The molecule has 6 nitrogen and oxygen atoms in total. The van der Waals surface area contributed by atoms with E-state index in [9.17, 15) is 14.3 Å². The van der Waals surface area contributed by atoms with Gasteiger partial charge in [-0.05, 0) is 36.2 Å². The number of hydrogen-bond acceptors (Lipinski definition) is 4. The lowest BCUT2D eigenvalue weighted by Crippen LogP contribution is -2.17. The zero-order chi connectivity index (χ0) is 19.0. The number of aromatic hydroxyl groups is 1. The van der Waals surface area contributed by atoms with Crippen LogP contribution in [0.3, 0.4) is 0 Å². The van der Waals surface area contributed by atoms with E-state index in [1.807, 2.05) is 0 Å². The van der Waals surface area contributed by atoms with E-state index in [1.165, 1.54) is 24.7 Å². The van der Waals surface area contributed by atoms with Gasteiger partial charge in [0.15, 0.2) is 0 Å². The van der Waals surface area contributed by atoms with Gasteiger partial charge in [0.1, 0.15) is 28.9 Å². The molecule has 4 aromatic rings. The SMILES string of the molecule is C=CCc1cccc(/C=N/n2cnc3c([nH]c4ccc(F)cc43)c2=O)c1O. The number of nitrogens with one attached hydrogen (secondary N) is 1. The molecule has 0 fully saturated rings. The van der Waals surface area contributed by atoms with Gasteiger partial charge in [-0.1, -0.05) is 18.2 Å². The fourth-order valence-electron chi connectivity index (χ4n) is 2.96. The topological polar surface area (TPSA) is 83.3 Å². The van der Waals surface area contributed by atoms with E-state index in [0.29, 0.717) is 34.0 Å². The summed E-state index contributed by atoms with van der Waals surface area (Å²) < 4.78 is 14.5. The number of halogens is 1. The van der Waals surface area contributed by atoms with E-state index in [2.05, 4.69) is 21.6 Å². The first-order valence-electron chi connectivity index (χ1n) is 8.23. The summed E-state index contributed by atoms with van der Waals surface area (Å²) in [5.74, 6) is -0.313. The largest absolute Gasteiger partial charge is 0.507 e. The molecule has 0 spiro atoms. The second-order valence-electron chi connectivity index (χ2n) is 6.03. The quantitative estimate of drug-likeness (QED) is 0.431. The van der Waals surface area contributed by atoms with Crippen molar-refractivity contribution >= 4 is 28.2 Å². The van der Waals surface area contributed by atoms with Crippen molar-refractivity contribution in [1.82, 2.24) is 14.6 Å². The minimum absolute atomic E-state index is 0.0873. The highest BCUT2D eigenvalue weighted by molar-refractivity contribution is 6.04. The van der Waals surface area contributed by atoms with Crippen LogP contribution in [0, 0.1) is 5.82 Å². The number of rotatable bonds is 4. The Bertz CT molecular complexity index is 1270. The normalized spacial score (nSPS) is 11.6. The molecule has 0 aliphatic rings. The molecule has 0 atom stereocenters. The summed E-state index contributed by atoms with van der Waals surface area (Å²) in [6, 6.07) is 9.47. The second kappa shape index (κ2) is 6.53. The van der Waals surface area contributed by atoms with Crippen LogP contribution < -0.4 is 5.56 Å². The van der Waals surface area contributed by atoms with Crippen molar-refractivity contribution in [2.24, 2.45) is 5.10 Å². The van der Waals surface area contributed by atoms with Crippen molar-refractivity contribution in [2.45, 2.75) is 6.42 Å². The molecular formula is C20H15FN4O2. The maximum atomic E-state index is 13.5. The van der Waals surface area contributed by atoms with Crippen LogP contribution in [0.1, 0.15) is 11.1 Å². The van der Waals surface area contributed by atoms with E-state index in [-0.39, 0.29) is 11.3 Å². The van der Waals surface area contributed by atoms with Crippen molar-refractivity contribution in [3.05, 3.63) is 82.7 Å². The fourth-order valence-corrected chi connectivity index (χ4v) is 2.96. The molecule has 0 saturated heterocycles. The monoisotopic (exact) mass is 362 g/mol. The summed E-state index contributed by atoms with van der Waals surface area (Å²) in [4.78, 5) is 19.8. The van der Waals surface area contributed by atoms with Crippen LogP contribution in [0.4, 0.5) is 4.39 Å². The Morgan fingerprint density at radius 1 is 1.33 bits per heavy atom. The van der Waals surface area contributed by atoms with Crippen LogP contribution in [0.25, 0.3) is 21.9 Å². The minimum Gasteiger partial charge on any atom is -0.507 e. The Balaban J connectivity index is 1.79. The number of aromatic nitrogens is 3. The van der Waals surface area contributed by atoms with Crippen LogP contribution in [0.5, 0.6) is 5.75 Å². The van der Waals surface area contributed by atoms with Gasteiger partial charge in [-0.2, -0.15) is 9.78 Å². The van der Waals surface area contributed by atoms with Gasteiger partial charge >= 0.3 is 0 Å². The lowest BCUT2D eigenvalue weighted by molar-refractivity contribution is 0.469. The Morgan fingerprint density at radius 3 is 3.00 bits per heavy atom. The standard InChI is InChI=1S/C20H15FN4O2/c1-2-4-12-5-3-6-13(19(12)26)10-23-25-11-22-17-15-9-14(21)7-8-16(15)24-18(17)20(25)27/h2-3,5-11,24,26H,1,4H2/b23-10+. The fraction of sp³-hybridized carbons (Fsp3) is 0.0500. The van der Waals surface area contributed by atoms with Gasteiger partial charge in [0.2, 0.25) is 0 Å². The summed E-state index contributed by atoms with van der Waals surface area (Å²) in [6.07, 6.45) is 4.87. The number of nitrogens with zero attached hydrogens (tertiary/aromatic N) is 3. The average molecular weight is 362 g/mol. The molecule has 4 rings (SSSR count). The molecule has 0 unspecified atom stereocenters. The molecule has 2 aromatic heterocycles. The smallest absolute Gasteiger partial charge is 0.298 e. The van der Waals surface area contributed by atoms with Crippen LogP contribution in [-0.2, 0) is 6.42 Å². The van der Waals surface area contributed by atoms with E-state index < -0.39 is 11.4 Å². The van der Waals surface area contributed by atoms with Gasteiger partial charge in [0.05, 0.1) is 6.21 Å². The van der Waals surface area contributed by atoms with Crippen LogP contribution in [0.15, 0.2) is 65.3 Å². The van der Waals surface area contributed by atoms with Gasteiger partial charge in [0, 0.05) is 16.5 Å². The van der Waals surface area contributed by atoms with E-state index in [1.54, 1.807) is 30.3 Å². The Morgan fingerprint density at radius 2 is 2.19 bits per heavy atom. The third kappa shape index (κ3) is 2.89. The molecule has 0 bridgehead atoms. The summed E-state index contributed by atoms with van der Waals surface area (Å²) >= 11 is 0. The van der Waals surface area contributed by atoms with Gasteiger partial charge < -0.3 is 10.1 Å². The van der Waals surface area contributed by atoms with E-state index in [0.717, 1.165) is 4.68 Å². The number of phenolic OH excluding ortho intramolecular Hbond substituents is 1. The van der Waals surface area contributed by atoms with Crippen molar-refractivity contribution < 1.29 is 9.50 Å². The molecule has 134 valence electrons. The number of allylic oxidation sites excluding steroid dienone is 1. The number of phenols is 1.